The van der Waals surface area contributed by atoms with E-state index in [0.717, 1.165) is 12.3 Å². The molecule has 28 heavy (non-hydrogen) atoms. The molecule has 2 aromatic rings. The first-order valence-electron chi connectivity index (χ1n) is 9.52. The summed E-state index contributed by atoms with van der Waals surface area (Å²) in [5.41, 5.74) is 0.814. The second-order valence-corrected chi connectivity index (χ2v) is 9.30. The van der Waals surface area contributed by atoms with Crippen molar-refractivity contribution in [3.63, 3.8) is 0 Å². The number of amides is 1. The van der Waals surface area contributed by atoms with Gasteiger partial charge in [0.15, 0.2) is 0 Å². The first-order valence-corrected chi connectivity index (χ1v) is 11.0. The van der Waals surface area contributed by atoms with Gasteiger partial charge in [0.1, 0.15) is 5.75 Å². The minimum absolute atomic E-state index is 0.130. The topological polar surface area (TPSA) is 84.5 Å². The van der Waals surface area contributed by atoms with Crippen molar-refractivity contribution in [1.82, 2.24) is 5.32 Å². The number of benzene rings is 2. The number of carbonyl (C=O) groups is 1. The zero-order chi connectivity index (χ0) is 19.7. The van der Waals surface area contributed by atoms with Gasteiger partial charge in [0.05, 0.1) is 12.0 Å². The van der Waals surface area contributed by atoms with Crippen molar-refractivity contribution in [3.8, 4) is 5.75 Å². The Kier molecular flexibility index (Phi) is 5.02. The fourth-order valence-electron chi connectivity index (χ4n) is 4.37. The van der Waals surface area contributed by atoms with Gasteiger partial charge in [-0.05, 0) is 73.6 Å². The van der Waals surface area contributed by atoms with Gasteiger partial charge in [-0.1, -0.05) is 12.5 Å². The number of hydrogen-bond acceptors (Lipinski definition) is 4. The standard InChI is InChI=1S/C21H24N2O4S/c1-27-18-7-9-19(10-8-18)28(25,26)23-17-4-2-3-16(13-17)21(24)22-20-12-14-5-6-15(20)11-14/h2-4,7-10,13-15,20,23H,5-6,11-12H2,1H3,(H,22,24)/t14-,15-,20-/m0/s1. The molecule has 0 spiro atoms. The second-order valence-electron chi connectivity index (χ2n) is 7.62. The van der Waals surface area contributed by atoms with Crippen LogP contribution in [-0.4, -0.2) is 27.5 Å². The van der Waals surface area contributed by atoms with E-state index in [1.165, 1.54) is 38.5 Å². The molecule has 1 amide bonds. The van der Waals surface area contributed by atoms with Gasteiger partial charge in [0, 0.05) is 17.3 Å². The summed E-state index contributed by atoms with van der Waals surface area (Å²) in [6.45, 7) is 0. The molecule has 2 aliphatic rings. The Labute approximate surface area is 165 Å². The second kappa shape index (κ2) is 7.47. The smallest absolute Gasteiger partial charge is 0.261 e. The zero-order valence-electron chi connectivity index (χ0n) is 15.7. The molecular weight excluding hydrogens is 376 g/mol. The molecule has 0 unspecified atom stereocenters. The minimum Gasteiger partial charge on any atom is -0.497 e. The molecular formula is C21H24N2O4S. The summed E-state index contributed by atoms with van der Waals surface area (Å²) in [4.78, 5) is 12.8. The molecule has 2 saturated carbocycles. The molecule has 0 radical (unpaired) electrons. The number of methoxy groups -OCH3 is 1. The molecule has 3 atom stereocenters. The van der Waals surface area contributed by atoms with Crippen LogP contribution in [0.5, 0.6) is 5.75 Å². The molecule has 6 nitrogen and oxygen atoms in total. The largest absolute Gasteiger partial charge is 0.497 e. The lowest BCUT2D eigenvalue weighted by Crippen LogP contribution is -2.38. The van der Waals surface area contributed by atoms with Gasteiger partial charge in [-0.2, -0.15) is 0 Å². The summed E-state index contributed by atoms with van der Waals surface area (Å²) in [5, 5.41) is 3.13. The monoisotopic (exact) mass is 400 g/mol. The van der Waals surface area contributed by atoms with E-state index >= 15 is 0 Å². The predicted octanol–water partition coefficient (Wildman–Crippen LogP) is 3.41. The fraction of sp³-hybridized carbons (Fsp3) is 0.381. The van der Waals surface area contributed by atoms with E-state index in [1.807, 2.05) is 0 Å². The van der Waals surface area contributed by atoms with E-state index in [4.69, 9.17) is 4.74 Å². The molecule has 0 aliphatic heterocycles. The van der Waals surface area contributed by atoms with Crippen molar-refractivity contribution in [2.24, 2.45) is 11.8 Å². The molecule has 2 aliphatic carbocycles. The summed E-state index contributed by atoms with van der Waals surface area (Å²) in [5.74, 6) is 1.77. The maximum absolute atomic E-state index is 12.6. The van der Waals surface area contributed by atoms with Crippen molar-refractivity contribution < 1.29 is 17.9 Å². The van der Waals surface area contributed by atoms with E-state index in [-0.39, 0.29) is 16.8 Å². The van der Waals surface area contributed by atoms with Crippen LogP contribution in [0.1, 0.15) is 36.0 Å². The molecule has 2 bridgehead atoms. The Morgan fingerprint density at radius 3 is 2.50 bits per heavy atom. The van der Waals surface area contributed by atoms with Crippen LogP contribution in [0.25, 0.3) is 0 Å². The Hall–Kier alpha value is -2.54. The maximum atomic E-state index is 12.6. The number of fused-ring (bicyclic) bond motifs is 2. The van der Waals surface area contributed by atoms with Crippen LogP contribution in [0.4, 0.5) is 5.69 Å². The van der Waals surface area contributed by atoms with Gasteiger partial charge in [0.25, 0.3) is 15.9 Å². The Morgan fingerprint density at radius 2 is 1.86 bits per heavy atom. The Morgan fingerprint density at radius 1 is 1.07 bits per heavy atom. The first kappa shape index (κ1) is 18.8. The van der Waals surface area contributed by atoms with Crippen molar-refractivity contribution in [1.29, 1.82) is 0 Å². The van der Waals surface area contributed by atoms with Crippen LogP contribution in [-0.2, 0) is 10.0 Å². The minimum atomic E-state index is -3.75. The lowest BCUT2D eigenvalue weighted by molar-refractivity contribution is 0.0923. The molecule has 2 aromatic carbocycles. The highest BCUT2D eigenvalue weighted by Crippen LogP contribution is 2.44. The van der Waals surface area contributed by atoms with Gasteiger partial charge in [-0.15, -0.1) is 0 Å². The van der Waals surface area contributed by atoms with Crippen LogP contribution in [0.15, 0.2) is 53.4 Å². The zero-order valence-corrected chi connectivity index (χ0v) is 16.5. The summed E-state index contributed by atoms with van der Waals surface area (Å²) in [7, 11) is -2.22. The SMILES string of the molecule is COc1ccc(S(=O)(=O)Nc2cccc(C(=O)N[C@H]3C[C@H]4CC[C@H]3C4)c2)cc1. The third-order valence-electron chi connectivity index (χ3n) is 5.80. The van der Waals surface area contributed by atoms with Gasteiger partial charge in [0.2, 0.25) is 0 Å². The fourth-order valence-corrected chi connectivity index (χ4v) is 5.42. The predicted molar refractivity (Wildman–Crippen MR) is 107 cm³/mol. The average Bonchev–Trinajstić information content (AvgIpc) is 3.31. The molecule has 0 aromatic heterocycles. The van der Waals surface area contributed by atoms with Gasteiger partial charge in [-0.25, -0.2) is 8.42 Å². The number of anilines is 1. The van der Waals surface area contributed by atoms with Crippen molar-refractivity contribution in [2.75, 3.05) is 11.8 Å². The van der Waals surface area contributed by atoms with Gasteiger partial charge < -0.3 is 10.1 Å². The highest BCUT2D eigenvalue weighted by molar-refractivity contribution is 7.92. The van der Waals surface area contributed by atoms with E-state index in [9.17, 15) is 13.2 Å². The van der Waals surface area contributed by atoms with E-state index in [1.54, 1.807) is 36.4 Å². The van der Waals surface area contributed by atoms with Crippen LogP contribution < -0.4 is 14.8 Å². The molecule has 2 N–H and O–H groups in total. The van der Waals surface area contributed by atoms with Gasteiger partial charge >= 0.3 is 0 Å². The molecule has 0 heterocycles. The summed E-state index contributed by atoms with van der Waals surface area (Å²) < 4.78 is 32.8. The highest BCUT2D eigenvalue weighted by atomic mass is 32.2. The third kappa shape index (κ3) is 3.85. The number of nitrogens with one attached hydrogen (secondary N) is 2. The molecule has 7 heteroatoms. The van der Waals surface area contributed by atoms with E-state index in [2.05, 4.69) is 10.0 Å². The van der Waals surface area contributed by atoms with Crippen LogP contribution in [0.2, 0.25) is 0 Å². The van der Waals surface area contributed by atoms with Gasteiger partial charge in [-0.3, -0.25) is 9.52 Å². The van der Waals surface area contributed by atoms with Crippen LogP contribution in [0.3, 0.4) is 0 Å². The number of hydrogen-bond donors (Lipinski definition) is 2. The number of carbonyl (C=O) groups excluding carboxylic acids is 1. The normalized spacial score (nSPS) is 23.4. The van der Waals surface area contributed by atoms with Crippen molar-refractivity contribution in [3.05, 3.63) is 54.1 Å². The first-order chi connectivity index (χ1) is 13.4. The van der Waals surface area contributed by atoms with Crippen LogP contribution in [0, 0.1) is 11.8 Å². The number of ether oxygens (including phenoxy) is 1. The Balaban J connectivity index is 1.46. The van der Waals surface area contributed by atoms with Crippen molar-refractivity contribution >= 4 is 21.6 Å². The maximum Gasteiger partial charge on any atom is 0.261 e. The molecule has 148 valence electrons. The van der Waals surface area contributed by atoms with E-state index < -0.39 is 10.0 Å². The molecule has 4 rings (SSSR count). The highest BCUT2D eigenvalue weighted by Gasteiger charge is 2.40. The third-order valence-corrected chi connectivity index (χ3v) is 7.20. The van der Waals surface area contributed by atoms with E-state index in [0.29, 0.717) is 22.9 Å². The lowest BCUT2D eigenvalue weighted by atomic mass is 9.95. The quantitative estimate of drug-likeness (QED) is 0.778. The molecule has 0 saturated heterocycles. The Bertz CT molecular complexity index is 972. The molecule has 2 fully saturated rings. The number of rotatable bonds is 6. The average molecular weight is 401 g/mol. The summed E-state index contributed by atoms with van der Waals surface area (Å²) in [6, 6.07) is 13.0. The number of sulfonamides is 1. The summed E-state index contributed by atoms with van der Waals surface area (Å²) in [6.07, 6.45) is 4.74. The lowest BCUT2D eigenvalue weighted by Gasteiger charge is -2.23. The van der Waals surface area contributed by atoms with Crippen LogP contribution >= 0.6 is 0 Å². The van der Waals surface area contributed by atoms with Crippen molar-refractivity contribution in [2.45, 2.75) is 36.6 Å². The summed E-state index contributed by atoms with van der Waals surface area (Å²) >= 11 is 0.